The molecule has 134 valence electrons. The summed E-state index contributed by atoms with van der Waals surface area (Å²) in [6, 6.07) is 4.52. The Morgan fingerprint density at radius 2 is 1.96 bits per heavy atom. The summed E-state index contributed by atoms with van der Waals surface area (Å²) in [5.74, 6) is -0.725. The molecule has 1 aromatic rings. The van der Waals surface area contributed by atoms with Crippen LogP contribution in [0, 0.1) is 0 Å². The Hall–Kier alpha value is -2.57. The van der Waals surface area contributed by atoms with Gasteiger partial charge in [0, 0.05) is 18.8 Å². The number of rotatable bonds is 1. The van der Waals surface area contributed by atoms with Gasteiger partial charge in [-0.3, -0.25) is 14.5 Å². The highest BCUT2D eigenvalue weighted by molar-refractivity contribution is 6.23. The van der Waals surface area contributed by atoms with Crippen LogP contribution in [0.1, 0.15) is 54.3 Å². The molecule has 2 heterocycles. The number of nitrogen functional groups attached to an aromatic ring is 1. The zero-order valence-electron chi connectivity index (χ0n) is 14.7. The van der Waals surface area contributed by atoms with Gasteiger partial charge in [0.2, 0.25) is 0 Å². The molecule has 0 aliphatic carbocycles. The van der Waals surface area contributed by atoms with Gasteiger partial charge in [0.25, 0.3) is 11.8 Å². The molecule has 3 rings (SSSR count). The summed E-state index contributed by atoms with van der Waals surface area (Å²) in [7, 11) is 0. The molecule has 2 aliphatic heterocycles. The molecule has 25 heavy (non-hydrogen) atoms. The van der Waals surface area contributed by atoms with E-state index in [2.05, 4.69) is 0 Å². The van der Waals surface area contributed by atoms with Crippen LogP contribution in [0.3, 0.4) is 0 Å². The van der Waals surface area contributed by atoms with Gasteiger partial charge in [-0.15, -0.1) is 0 Å². The number of nitrogens with two attached hydrogens (primary N) is 1. The maximum Gasteiger partial charge on any atom is 0.410 e. The largest absolute Gasteiger partial charge is 0.444 e. The summed E-state index contributed by atoms with van der Waals surface area (Å²) in [4.78, 5) is 40.5. The summed E-state index contributed by atoms with van der Waals surface area (Å²) < 4.78 is 5.40. The molecule has 2 aliphatic rings. The second kappa shape index (κ2) is 6.06. The van der Waals surface area contributed by atoms with Crippen molar-refractivity contribution in [3.05, 3.63) is 29.3 Å². The molecule has 0 saturated carbocycles. The number of imide groups is 1. The predicted molar refractivity (Wildman–Crippen MR) is 92.2 cm³/mol. The Bertz CT molecular complexity index is 738. The van der Waals surface area contributed by atoms with E-state index in [-0.39, 0.29) is 30.0 Å². The Morgan fingerprint density at radius 1 is 1.24 bits per heavy atom. The zero-order chi connectivity index (χ0) is 18.4. The predicted octanol–water partition coefficient (Wildman–Crippen LogP) is 2.26. The smallest absolute Gasteiger partial charge is 0.410 e. The maximum absolute atomic E-state index is 12.7. The van der Waals surface area contributed by atoms with Crippen molar-refractivity contribution in [2.75, 3.05) is 18.8 Å². The number of carbonyl (C=O) groups is 3. The number of amides is 3. The van der Waals surface area contributed by atoms with Crippen molar-refractivity contribution in [3.63, 3.8) is 0 Å². The maximum atomic E-state index is 12.7. The summed E-state index contributed by atoms with van der Waals surface area (Å²) in [5, 5.41) is 0. The third-order valence-corrected chi connectivity index (χ3v) is 4.39. The van der Waals surface area contributed by atoms with Gasteiger partial charge >= 0.3 is 6.09 Å². The second-order valence-corrected chi connectivity index (χ2v) is 7.47. The van der Waals surface area contributed by atoms with E-state index in [4.69, 9.17) is 10.5 Å². The number of carbonyl (C=O) groups excluding carboxylic acids is 3. The summed E-state index contributed by atoms with van der Waals surface area (Å²) >= 11 is 0. The molecule has 2 N–H and O–H groups in total. The van der Waals surface area contributed by atoms with Crippen molar-refractivity contribution < 1.29 is 19.1 Å². The molecule has 1 fully saturated rings. The lowest BCUT2D eigenvalue weighted by molar-refractivity contribution is 0.0111. The molecule has 7 heteroatoms. The van der Waals surface area contributed by atoms with E-state index >= 15 is 0 Å². The van der Waals surface area contributed by atoms with E-state index in [1.165, 1.54) is 4.90 Å². The fourth-order valence-corrected chi connectivity index (χ4v) is 3.32. The molecule has 1 atom stereocenters. The molecule has 0 spiro atoms. The van der Waals surface area contributed by atoms with Crippen LogP contribution in [0.25, 0.3) is 0 Å². The Morgan fingerprint density at radius 3 is 2.60 bits per heavy atom. The molecule has 1 aromatic carbocycles. The standard InChI is InChI=1S/C18H23N3O4/c1-18(2,3)25-17(24)20-9-5-6-11(10-20)21-15(22)12-7-4-8-13(19)14(12)16(21)23/h4,7-8,11H,5-6,9-10,19H2,1-3H3/t11-/m1/s1. The lowest BCUT2D eigenvalue weighted by atomic mass is 10.0. The normalized spacial score (nSPS) is 20.7. The highest BCUT2D eigenvalue weighted by atomic mass is 16.6. The van der Waals surface area contributed by atoms with Crippen LogP contribution in [0.5, 0.6) is 0 Å². The minimum atomic E-state index is -0.589. The lowest BCUT2D eigenvalue weighted by Gasteiger charge is -2.37. The molecule has 1 saturated heterocycles. The quantitative estimate of drug-likeness (QED) is 0.622. The fourth-order valence-electron chi connectivity index (χ4n) is 3.32. The van der Waals surface area contributed by atoms with Gasteiger partial charge < -0.3 is 15.4 Å². The molecule has 0 unspecified atom stereocenters. The van der Waals surface area contributed by atoms with Crippen molar-refractivity contribution in [2.24, 2.45) is 0 Å². The van der Waals surface area contributed by atoms with Gasteiger partial charge in [-0.2, -0.15) is 0 Å². The third kappa shape index (κ3) is 3.18. The van der Waals surface area contributed by atoms with Crippen LogP contribution in [0.4, 0.5) is 10.5 Å². The van der Waals surface area contributed by atoms with Gasteiger partial charge in [-0.25, -0.2) is 4.79 Å². The topological polar surface area (TPSA) is 92.9 Å². The van der Waals surface area contributed by atoms with Gasteiger partial charge in [0.05, 0.1) is 17.2 Å². The molecular weight excluding hydrogens is 322 g/mol. The summed E-state index contributed by atoms with van der Waals surface area (Å²) in [6.07, 6.45) is 0.936. The molecule has 7 nitrogen and oxygen atoms in total. The summed E-state index contributed by atoms with van der Waals surface area (Å²) in [6.45, 7) is 6.24. The molecule has 3 amide bonds. The van der Waals surface area contributed by atoms with E-state index in [1.807, 2.05) is 0 Å². The van der Waals surface area contributed by atoms with Crippen molar-refractivity contribution >= 4 is 23.6 Å². The first kappa shape index (κ1) is 17.3. The average Bonchev–Trinajstić information content (AvgIpc) is 2.78. The number of fused-ring (bicyclic) bond motifs is 1. The van der Waals surface area contributed by atoms with Crippen LogP contribution in [-0.4, -0.2) is 52.4 Å². The average molecular weight is 345 g/mol. The monoisotopic (exact) mass is 345 g/mol. The highest BCUT2D eigenvalue weighted by Gasteiger charge is 2.43. The van der Waals surface area contributed by atoms with Gasteiger partial charge in [0.1, 0.15) is 5.60 Å². The first-order valence-electron chi connectivity index (χ1n) is 8.43. The van der Waals surface area contributed by atoms with Crippen LogP contribution in [-0.2, 0) is 4.74 Å². The minimum absolute atomic E-state index is 0.266. The van der Waals surface area contributed by atoms with Gasteiger partial charge in [-0.1, -0.05) is 6.07 Å². The number of anilines is 1. The van der Waals surface area contributed by atoms with Crippen molar-refractivity contribution in [1.82, 2.24) is 9.80 Å². The van der Waals surface area contributed by atoms with Gasteiger partial charge in [-0.05, 0) is 45.7 Å². The van der Waals surface area contributed by atoms with Crippen molar-refractivity contribution in [1.29, 1.82) is 0 Å². The highest BCUT2D eigenvalue weighted by Crippen LogP contribution is 2.31. The van der Waals surface area contributed by atoms with E-state index in [1.54, 1.807) is 43.9 Å². The number of likely N-dealkylation sites (tertiary alicyclic amines) is 1. The number of nitrogens with zero attached hydrogens (tertiary/aromatic N) is 2. The van der Waals surface area contributed by atoms with Crippen LogP contribution >= 0.6 is 0 Å². The fraction of sp³-hybridized carbons (Fsp3) is 0.500. The van der Waals surface area contributed by atoms with Crippen molar-refractivity contribution in [2.45, 2.75) is 45.3 Å². The van der Waals surface area contributed by atoms with E-state index in [9.17, 15) is 14.4 Å². The minimum Gasteiger partial charge on any atom is -0.444 e. The first-order valence-corrected chi connectivity index (χ1v) is 8.43. The number of piperidine rings is 1. The second-order valence-electron chi connectivity index (χ2n) is 7.47. The van der Waals surface area contributed by atoms with Crippen molar-refractivity contribution in [3.8, 4) is 0 Å². The number of ether oxygens (including phenoxy) is 1. The Labute approximate surface area is 146 Å². The first-order chi connectivity index (χ1) is 11.7. The number of hydrogen-bond donors (Lipinski definition) is 1. The SMILES string of the molecule is CC(C)(C)OC(=O)N1CCC[C@@H](N2C(=O)c3cccc(N)c3C2=O)C1. The zero-order valence-corrected chi connectivity index (χ0v) is 14.7. The van der Waals surface area contributed by atoms with E-state index in [0.29, 0.717) is 30.6 Å². The van der Waals surface area contributed by atoms with Crippen LogP contribution < -0.4 is 5.73 Å². The number of benzene rings is 1. The Kier molecular flexibility index (Phi) is 4.18. The molecular formula is C18H23N3O4. The van der Waals surface area contributed by atoms with Gasteiger partial charge in [0.15, 0.2) is 0 Å². The molecule has 0 radical (unpaired) electrons. The Balaban J connectivity index is 1.79. The van der Waals surface area contributed by atoms with E-state index in [0.717, 1.165) is 0 Å². The van der Waals surface area contributed by atoms with Crippen LogP contribution in [0.2, 0.25) is 0 Å². The lowest BCUT2D eigenvalue weighted by Crippen LogP contribution is -2.52. The third-order valence-electron chi connectivity index (χ3n) is 4.39. The molecule has 0 bridgehead atoms. The number of hydrogen-bond acceptors (Lipinski definition) is 5. The molecule has 0 aromatic heterocycles. The van der Waals surface area contributed by atoms with Crippen LogP contribution in [0.15, 0.2) is 18.2 Å². The van der Waals surface area contributed by atoms with E-state index < -0.39 is 11.7 Å². The summed E-state index contributed by atoms with van der Waals surface area (Å²) in [5.41, 5.74) is 6.19.